The lowest BCUT2D eigenvalue weighted by Crippen LogP contribution is -2.67. The molecule has 2 bridgehead atoms. The Morgan fingerprint density at radius 1 is 1.32 bits per heavy atom. The molecule has 0 aliphatic carbocycles. The van der Waals surface area contributed by atoms with Crippen molar-refractivity contribution >= 4 is 28.5 Å². The van der Waals surface area contributed by atoms with Crippen molar-refractivity contribution in [1.82, 2.24) is 15.3 Å². The summed E-state index contributed by atoms with van der Waals surface area (Å²) < 4.78 is 6.14. The van der Waals surface area contributed by atoms with E-state index in [1.165, 1.54) is 12.0 Å². The number of aromatic nitrogens is 2. The summed E-state index contributed by atoms with van der Waals surface area (Å²) in [6.07, 6.45) is 3.11. The Labute approximate surface area is 132 Å². The number of piperidine rings is 1. The number of nitrogens with one attached hydrogen (secondary N) is 1. The normalized spacial score (nSPS) is 23.8. The summed E-state index contributed by atoms with van der Waals surface area (Å²) in [6, 6.07) is 6.14. The van der Waals surface area contributed by atoms with Gasteiger partial charge in [0.2, 0.25) is 0 Å². The molecule has 2 atom stereocenters. The number of aryl methyl sites for hydroxylation is 1. The van der Waals surface area contributed by atoms with Crippen molar-refractivity contribution in [2.24, 2.45) is 0 Å². The van der Waals surface area contributed by atoms with Gasteiger partial charge in [0.05, 0.1) is 5.56 Å². The smallest absolute Gasteiger partial charge is 0.298 e. The molecule has 1 aromatic carbocycles. The topological polar surface area (TPSA) is 54.2 Å². The molecule has 5 nitrogen and oxygen atoms in total. The Bertz CT molecular complexity index is 825. The van der Waals surface area contributed by atoms with E-state index >= 15 is 0 Å². The second-order valence-electron chi connectivity index (χ2n) is 6.20. The Morgan fingerprint density at radius 3 is 2.86 bits per heavy atom. The summed E-state index contributed by atoms with van der Waals surface area (Å²) >= 11 is 1.63. The van der Waals surface area contributed by atoms with Crippen molar-refractivity contribution < 1.29 is 4.42 Å². The van der Waals surface area contributed by atoms with Gasteiger partial charge in [0.25, 0.3) is 6.01 Å². The first-order chi connectivity index (χ1) is 10.8. The van der Waals surface area contributed by atoms with E-state index in [1.54, 1.807) is 11.3 Å². The van der Waals surface area contributed by atoms with E-state index in [0.29, 0.717) is 12.1 Å². The van der Waals surface area contributed by atoms with Crippen LogP contribution < -0.4 is 10.2 Å². The molecule has 112 valence electrons. The van der Waals surface area contributed by atoms with Crippen LogP contribution in [0, 0.1) is 6.92 Å². The van der Waals surface area contributed by atoms with Crippen LogP contribution in [0.15, 0.2) is 28.1 Å². The molecule has 3 aliphatic rings. The molecule has 3 saturated heterocycles. The second-order valence-corrected chi connectivity index (χ2v) is 7.09. The highest BCUT2D eigenvalue weighted by Gasteiger charge is 2.38. The third-order valence-electron chi connectivity index (χ3n) is 4.48. The van der Waals surface area contributed by atoms with Gasteiger partial charge in [0.1, 0.15) is 10.5 Å². The van der Waals surface area contributed by atoms with Crippen molar-refractivity contribution in [3.63, 3.8) is 0 Å². The molecule has 3 aromatic rings. The van der Waals surface area contributed by atoms with E-state index in [4.69, 9.17) is 9.40 Å². The van der Waals surface area contributed by atoms with Gasteiger partial charge in [-0.15, -0.1) is 11.3 Å². The molecule has 3 fully saturated rings. The van der Waals surface area contributed by atoms with Gasteiger partial charge in [-0.2, -0.15) is 4.98 Å². The highest BCUT2D eigenvalue weighted by molar-refractivity contribution is 7.13. The summed E-state index contributed by atoms with van der Waals surface area (Å²) in [6.45, 7) is 4.05. The van der Waals surface area contributed by atoms with Gasteiger partial charge in [0, 0.05) is 36.8 Å². The van der Waals surface area contributed by atoms with Gasteiger partial charge in [0.15, 0.2) is 5.58 Å². The van der Waals surface area contributed by atoms with Crippen molar-refractivity contribution in [2.45, 2.75) is 25.4 Å². The standard InChI is InChI=1S/C16H16N4OS/c1-9-4-12(15-17-2-3-22-15)14-13(5-9)19-16(21-14)20-7-10-6-11(8-20)18-10/h2-5,10-11,18H,6-8H2,1H3. The SMILES string of the molecule is Cc1cc(-c2nccs2)c2oc(N3CC4CC(C3)N4)nc2c1. The highest BCUT2D eigenvalue weighted by atomic mass is 32.1. The first-order valence-corrected chi connectivity index (χ1v) is 8.46. The highest BCUT2D eigenvalue weighted by Crippen LogP contribution is 2.35. The number of fused-ring (bicyclic) bond motifs is 3. The number of hydrogen-bond donors (Lipinski definition) is 1. The molecule has 0 radical (unpaired) electrons. The quantitative estimate of drug-likeness (QED) is 0.788. The number of hydrogen-bond acceptors (Lipinski definition) is 6. The Hall–Kier alpha value is -1.92. The summed E-state index contributed by atoms with van der Waals surface area (Å²) in [4.78, 5) is 11.4. The zero-order chi connectivity index (χ0) is 14.7. The molecule has 5 heterocycles. The van der Waals surface area contributed by atoms with E-state index in [1.807, 2.05) is 11.6 Å². The zero-order valence-electron chi connectivity index (χ0n) is 12.2. The maximum Gasteiger partial charge on any atom is 0.298 e. The molecule has 1 N–H and O–H groups in total. The van der Waals surface area contributed by atoms with E-state index < -0.39 is 0 Å². The van der Waals surface area contributed by atoms with E-state index in [9.17, 15) is 0 Å². The van der Waals surface area contributed by atoms with Crippen LogP contribution in [0.1, 0.15) is 12.0 Å². The molecule has 6 rings (SSSR count). The van der Waals surface area contributed by atoms with Crippen LogP contribution in [0.3, 0.4) is 0 Å². The van der Waals surface area contributed by atoms with Crippen molar-refractivity contribution in [1.29, 1.82) is 0 Å². The van der Waals surface area contributed by atoms with Crippen LogP contribution in [0.4, 0.5) is 6.01 Å². The van der Waals surface area contributed by atoms with Gasteiger partial charge < -0.3 is 14.6 Å². The Morgan fingerprint density at radius 2 is 2.14 bits per heavy atom. The molecule has 2 aromatic heterocycles. The minimum Gasteiger partial charge on any atom is -0.423 e. The van der Waals surface area contributed by atoms with Gasteiger partial charge in [-0.1, -0.05) is 0 Å². The molecular formula is C16H16N4OS. The van der Waals surface area contributed by atoms with Gasteiger partial charge in [-0.05, 0) is 31.0 Å². The molecule has 0 amide bonds. The molecule has 6 heteroatoms. The molecule has 22 heavy (non-hydrogen) atoms. The number of anilines is 1. The average Bonchev–Trinajstić information content (AvgIpc) is 3.15. The van der Waals surface area contributed by atoms with Gasteiger partial charge in [-0.3, -0.25) is 0 Å². The summed E-state index contributed by atoms with van der Waals surface area (Å²) in [5.74, 6) is 0. The van der Waals surface area contributed by atoms with E-state index in [2.05, 4.69) is 34.3 Å². The molecular weight excluding hydrogens is 296 g/mol. The predicted molar refractivity (Wildman–Crippen MR) is 87.4 cm³/mol. The largest absolute Gasteiger partial charge is 0.423 e. The Balaban J connectivity index is 1.62. The number of thiazole rings is 1. The van der Waals surface area contributed by atoms with Crippen molar-refractivity contribution in [2.75, 3.05) is 18.0 Å². The van der Waals surface area contributed by atoms with Crippen LogP contribution in [-0.4, -0.2) is 35.1 Å². The molecule has 3 aliphatic heterocycles. The lowest BCUT2D eigenvalue weighted by Gasteiger charge is -2.47. The lowest BCUT2D eigenvalue weighted by atomic mass is 9.92. The van der Waals surface area contributed by atoms with Crippen LogP contribution in [-0.2, 0) is 0 Å². The average molecular weight is 312 g/mol. The van der Waals surface area contributed by atoms with Gasteiger partial charge in [-0.25, -0.2) is 4.98 Å². The fraction of sp³-hybridized carbons (Fsp3) is 0.375. The number of nitrogens with zero attached hydrogens (tertiary/aromatic N) is 3. The van der Waals surface area contributed by atoms with Crippen molar-refractivity contribution in [3.05, 3.63) is 29.3 Å². The van der Waals surface area contributed by atoms with E-state index in [-0.39, 0.29) is 0 Å². The van der Waals surface area contributed by atoms with E-state index in [0.717, 1.165) is 40.8 Å². The first kappa shape index (κ1) is 12.6. The van der Waals surface area contributed by atoms with Crippen LogP contribution in [0.25, 0.3) is 21.7 Å². The number of piperazine rings is 1. The monoisotopic (exact) mass is 312 g/mol. The summed E-state index contributed by atoms with van der Waals surface area (Å²) in [5, 5.41) is 6.51. The fourth-order valence-corrected chi connectivity index (χ4v) is 4.13. The molecule has 0 saturated carbocycles. The Kier molecular flexibility index (Phi) is 2.60. The van der Waals surface area contributed by atoms with Gasteiger partial charge >= 0.3 is 0 Å². The second kappa shape index (κ2) is 4.54. The fourth-order valence-electron chi connectivity index (χ4n) is 3.48. The third kappa shape index (κ3) is 1.87. The minimum atomic E-state index is 0.592. The van der Waals surface area contributed by atoms with Crippen molar-refractivity contribution in [3.8, 4) is 10.6 Å². The number of rotatable bonds is 2. The number of benzene rings is 1. The minimum absolute atomic E-state index is 0.592. The molecule has 2 unspecified atom stereocenters. The van der Waals surface area contributed by atoms with Crippen LogP contribution >= 0.6 is 11.3 Å². The third-order valence-corrected chi connectivity index (χ3v) is 5.28. The summed E-state index contributed by atoms with van der Waals surface area (Å²) in [7, 11) is 0. The predicted octanol–water partition coefficient (Wildman–Crippen LogP) is 2.81. The maximum atomic E-state index is 6.14. The number of oxazole rings is 1. The molecule has 0 spiro atoms. The summed E-state index contributed by atoms with van der Waals surface area (Å²) in [5.41, 5.74) is 4.00. The first-order valence-electron chi connectivity index (χ1n) is 7.58. The zero-order valence-corrected chi connectivity index (χ0v) is 13.1. The van der Waals surface area contributed by atoms with Crippen LogP contribution in [0.2, 0.25) is 0 Å². The lowest BCUT2D eigenvalue weighted by molar-refractivity contribution is 0.220. The maximum absolute atomic E-state index is 6.14. The van der Waals surface area contributed by atoms with Crippen LogP contribution in [0.5, 0.6) is 0 Å².